The van der Waals surface area contributed by atoms with Crippen molar-refractivity contribution in [2.45, 2.75) is 245 Å². The molecule has 0 aromatic heterocycles. The highest BCUT2D eigenvalue weighted by Gasteiger charge is 2.17. The molecule has 0 fully saturated rings. The van der Waals surface area contributed by atoms with Gasteiger partial charge in [-0.15, -0.1) is 0 Å². The molecule has 0 radical (unpaired) electrons. The summed E-state index contributed by atoms with van der Waals surface area (Å²) in [6, 6.07) is 0. The van der Waals surface area contributed by atoms with Gasteiger partial charge in [-0.05, 0) is 122 Å². The molecular formula is C61H102O5. The molecule has 0 heterocycles. The average Bonchev–Trinajstić information content (AvgIpc) is 3.32. The van der Waals surface area contributed by atoms with Crippen molar-refractivity contribution >= 4 is 11.9 Å². The highest BCUT2D eigenvalue weighted by molar-refractivity contribution is 5.70. The van der Waals surface area contributed by atoms with Gasteiger partial charge in [-0.2, -0.15) is 0 Å². The summed E-state index contributed by atoms with van der Waals surface area (Å²) in [5, 5.41) is 0. The van der Waals surface area contributed by atoms with Crippen LogP contribution in [-0.4, -0.2) is 37.9 Å². The highest BCUT2D eigenvalue weighted by atomic mass is 16.6. The molecule has 0 aromatic rings. The summed E-state index contributed by atoms with van der Waals surface area (Å²) in [7, 11) is 0. The molecule has 5 heteroatoms. The number of esters is 2. The summed E-state index contributed by atoms with van der Waals surface area (Å²) in [6.45, 7) is 7.51. The van der Waals surface area contributed by atoms with Crippen molar-refractivity contribution in [2.75, 3.05) is 19.8 Å². The van der Waals surface area contributed by atoms with Crippen LogP contribution in [0.3, 0.4) is 0 Å². The van der Waals surface area contributed by atoms with E-state index in [9.17, 15) is 9.59 Å². The van der Waals surface area contributed by atoms with Crippen LogP contribution >= 0.6 is 0 Å². The maximum Gasteiger partial charge on any atom is 0.306 e. The Bertz CT molecular complexity index is 1310. The lowest BCUT2D eigenvalue weighted by molar-refractivity contribution is -0.163. The minimum Gasteiger partial charge on any atom is -0.462 e. The van der Waals surface area contributed by atoms with Crippen LogP contribution in [0.2, 0.25) is 0 Å². The molecular weight excluding hydrogens is 813 g/mol. The van der Waals surface area contributed by atoms with Gasteiger partial charge in [0, 0.05) is 19.4 Å². The Labute approximate surface area is 408 Å². The fraction of sp³-hybridized carbons (Fsp3) is 0.672. The molecule has 0 N–H and O–H groups in total. The predicted octanol–water partition coefficient (Wildman–Crippen LogP) is 18.8. The van der Waals surface area contributed by atoms with Crippen molar-refractivity contribution < 1.29 is 23.8 Å². The van der Waals surface area contributed by atoms with Gasteiger partial charge in [0.05, 0.1) is 6.61 Å². The van der Waals surface area contributed by atoms with Crippen molar-refractivity contribution in [1.82, 2.24) is 0 Å². The van der Waals surface area contributed by atoms with E-state index in [1.54, 1.807) is 0 Å². The quantitative estimate of drug-likeness (QED) is 0.0346. The van der Waals surface area contributed by atoms with Crippen LogP contribution in [0.1, 0.15) is 239 Å². The second kappa shape index (κ2) is 55.9. The Morgan fingerprint density at radius 2 is 0.682 bits per heavy atom. The Morgan fingerprint density at radius 3 is 1.11 bits per heavy atom. The third-order valence-electron chi connectivity index (χ3n) is 11.3. The van der Waals surface area contributed by atoms with Gasteiger partial charge >= 0.3 is 11.9 Å². The molecule has 0 saturated heterocycles. The van der Waals surface area contributed by atoms with E-state index in [4.69, 9.17) is 14.2 Å². The molecule has 0 aromatic carbocycles. The number of ether oxygens (including phenoxy) is 3. The zero-order valence-electron chi connectivity index (χ0n) is 43.2. The van der Waals surface area contributed by atoms with Crippen LogP contribution in [0.5, 0.6) is 0 Å². The first-order valence-corrected chi connectivity index (χ1v) is 27.4. The van der Waals surface area contributed by atoms with Gasteiger partial charge in [-0.1, -0.05) is 214 Å². The second-order valence-electron chi connectivity index (χ2n) is 17.7. The molecule has 66 heavy (non-hydrogen) atoms. The van der Waals surface area contributed by atoms with Crippen LogP contribution in [0.4, 0.5) is 0 Å². The fourth-order valence-electron chi connectivity index (χ4n) is 7.25. The van der Waals surface area contributed by atoms with E-state index in [1.807, 2.05) is 0 Å². The Balaban J connectivity index is 4.33. The third kappa shape index (κ3) is 53.2. The molecule has 376 valence electrons. The summed E-state index contributed by atoms with van der Waals surface area (Å²) in [5.74, 6) is -0.451. The lowest BCUT2D eigenvalue weighted by Gasteiger charge is -2.18. The van der Waals surface area contributed by atoms with Gasteiger partial charge < -0.3 is 14.2 Å². The first-order valence-electron chi connectivity index (χ1n) is 27.4. The molecule has 0 saturated carbocycles. The van der Waals surface area contributed by atoms with E-state index in [-0.39, 0.29) is 25.2 Å². The number of rotatable bonds is 49. The molecule has 0 amide bonds. The largest absolute Gasteiger partial charge is 0.462 e. The van der Waals surface area contributed by atoms with Crippen molar-refractivity contribution in [2.24, 2.45) is 0 Å². The summed E-state index contributed by atoms with van der Waals surface area (Å²) in [4.78, 5) is 25.4. The third-order valence-corrected chi connectivity index (χ3v) is 11.3. The molecule has 0 aliphatic rings. The van der Waals surface area contributed by atoms with Gasteiger partial charge in [0.2, 0.25) is 0 Å². The van der Waals surface area contributed by atoms with Crippen molar-refractivity contribution in [1.29, 1.82) is 0 Å². The predicted molar refractivity (Wildman–Crippen MR) is 288 cm³/mol. The lowest BCUT2D eigenvalue weighted by Crippen LogP contribution is -2.30. The standard InChI is InChI=1S/C61H102O5/c1-4-7-10-13-16-19-22-25-27-29-30-31-33-35-38-41-44-47-50-53-56-64-57-59(66-61(63)55-52-49-46-43-40-36-24-21-18-15-12-9-6-3)58-65-60(62)54-51-48-45-42-39-37-34-32-28-26-23-20-17-14-11-8-5-2/h8-9,11-12,16-21,25-28,30-31,36,40,59H,4-7,10,13-15,22-24,29,32-35,37-39,41-58H2,1-3H3/b11-8-,12-9-,19-16-,20-17-,21-18-,27-25-,28-26-,31-30-,40-36-. The van der Waals surface area contributed by atoms with E-state index in [0.29, 0.717) is 19.4 Å². The molecule has 5 nitrogen and oxygen atoms in total. The molecule has 0 aliphatic carbocycles. The molecule has 0 bridgehead atoms. The Kier molecular flexibility index (Phi) is 53.0. The maximum absolute atomic E-state index is 12.8. The second-order valence-corrected chi connectivity index (χ2v) is 17.7. The smallest absolute Gasteiger partial charge is 0.306 e. The summed E-state index contributed by atoms with van der Waals surface area (Å²) in [6.07, 6.45) is 76.8. The minimum absolute atomic E-state index is 0.0580. The number of hydrogen-bond acceptors (Lipinski definition) is 5. The van der Waals surface area contributed by atoms with Gasteiger partial charge in [-0.3, -0.25) is 9.59 Å². The molecule has 0 rings (SSSR count). The van der Waals surface area contributed by atoms with Crippen LogP contribution in [0.25, 0.3) is 0 Å². The molecule has 1 atom stereocenters. The summed E-state index contributed by atoms with van der Waals surface area (Å²) in [5.41, 5.74) is 0. The van der Waals surface area contributed by atoms with Gasteiger partial charge in [-0.25, -0.2) is 0 Å². The van der Waals surface area contributed by atoms with Gasteiger partial charge in [0.15, 0.2) is 6.10 Å². The summed E-state index contributed by atoms with van der Waals surface area (Å²) < 4.78 is 17.4. The zero-order valence-corrected chi connectivity index (χ0v) is 43.2. The van der Waals surface area contributed by atoms with Crippen LogP contribution in [0.15, 0.2) is 109 Å². The van der Waals surface area contributed by atoms with E-state index < -0.39 is 6.10 Å². The Morgan fingerprint density at radius 1 is 0.348 bits per heavy atom. The minimum atomic E-state index is -0.568. The number of hydrogen-bond donors (Lipinski definition) is 0. The number of carbonyl (C=O) groups excluding carboxylic acids is 2. The lowest BCUT2D eigenvalue weighted by atomic mass is 10.1. The monoisotopic (exact) mass is 915 g/mol. The van der Waals surface area contributed by atoms with Gasteiger partial charge in [0.1, 0.15) is 6.61 Å². The molecule has 1 unspecified atom stereocenters. The first-order chi connectivity index (χ1) is 32.6. The van der Waals surface area contributed by atoms with E-state index >= 15 is 0 Å². The topological polar surface area (TPSA) is 61.8 Å². The van der Waals surface area contributed by atoms with Crippen LogP contribution in [-0.2, 0) is 23.8 Å². The fourth-order valence-corrected chi connectivity index (χ4v) is 7.25. The van der Waals surface area contributed by atoms with Crippen LogP contribution < -0.4 is 0 Å². The number of unbranched alkanes of at least 4 members (excludes halogenated alkanes) is 20. The average molecular weight is 915 g/mol. The Hall–Kier alpha value is -3.44. The van der Waals surface area contributed by atoms with Crippen molar-refractivity contribution in [3.8, 4) is 0 Å². The highest BCUT2D eigenvalue weighted by Crippen LogP contribution is 2.13. The SMILES string of the molecule is CC/C=C\C/C=C\C/C=C\CCCCCCCCCC(=O)OCC(COCCCCCCCCC/C=C\C/C=C\C/C=C\CCCCC)OC(=O)CCCCC/C=C\C/C=C\C/C=C\CC. The molecule has 0 aliphatic heterocycles. The first kappa shape index (κ1) is 62.6. The zero-order chi connectivity index (χ0) is 47.7. The van der Waals surface area contributed by atoms with Gasteiger partial charge in [0.25, 0.3) is 0 Å². The van der Waals surface area contributed by atoms with Crippen molar-refractivity contribution in [3.05, 3.63) is 109 Å². The normalized spacial score (nSPS) is 13.1. The van der Waals surface area contributed by atoms with E-state index in [2.05, 4.69) is 130 Å². The summed E-state index contributed by atoms with van der Waals surface area (Å²) >= 11 is 0. The number of carbonyl (C=O) groups is 2. The van der Waals surface area contributed by atoms with E-state index in [1.165, 1.54) is 89.9 Å². The maximum atomic E-state index is 12.8. The van der Waals surface area contributed by atoms with Crippen molar-refractivity contribution in [3.63, 3.8) is 0 Å². The van der Waals surface area contributed by atoms with Crippen LogP contribution in [0, 0.1) is 0 Å². The molecule has 0 spiro atoms. The van der Waals surface area contributed by atoms with E-state index in [0.717, 1.165) is 116 Å². The number of allylic oxidation sites excluding steroid dienone is 18.